The smallest absolute Gasteiger partial charge is 0.120 e. The molecule has 3 nitrogen and oxygen atoms in total. The van der Waals surface area contributed by atoms with E-state index in [-0.39, 0.29) is 20.1 Å². The second-order valence-corrected chi connectivity index (χ2v) is 15.8. The number of hydrogen-bond donors (Lipinski definition) is 0. The average Bonchev–Trinajstić information content (AvgIpc) is 3.33. The molecule has 0 saturated heterocycles. The standard InChI is InChI=1S/C20H18NOSi.C14H14N.Ir/c1-23(2,3)18-12-7-11-17-19(18)15-9-6-8-14(20(15)22-17)16-10-4-5-13-21-16;1-11(2)13-8-9-15-14(10-13)12-6-4-3-5-7-12;/h4-7,9-13H,1-3H3;3-6,8-11H,1-2H3;/q2*-1;. The minimum absolute atomic E-state index is 0. The van der Waals surface area contributed by atoms with Crippen LogP contribution in [0.25, 0.3) is 44.5 Å². The van der Waals surface area contributed by atoms with E-state index in [9.17, 15) is 0 Å². The Kier molecular flexibility index (Phi) is 8.96. The van der Waals surface area contributed by atoms with E-state index in [1.807, 2.05) is 54.7 Å². The summed E-state index contributed by atoms with van der Waals surface area (Å²) in [5, 5.41) is 3.86. The van der Waals surface area contributed by atoms with Gasteiger partial charge in [-0.15, -0.1) is 54.1 Å². The SMILES string of the molecule is CC(C)c1ccnc(-c2[c-]cccc2)c1.C[Si](C)(C)c1cccc2oc3c(-c4ccccn4)[c-]ccc3c12.[Ir]. The molecule has 0 aliphatic rings. The van der Waals surface area contributed by atoms with E-state index >= 15 is 0 Å². The minimum atomic E-state index is -1.46. The van der Waals surface area contributed by atoms with Gasteiger partial charge in [0, 0.05) is 37.9 Å². The van der Waals surface area contributed by atoms with Crippen LogP contribution < -0.4 is 5.19 Å². The second-order valence-electron chi connectivity index (χ2n) is 10.7. The van der Waals surface area contributed by atoms with E-state index in [0.29, 0.717) is 5.92 Å². The van der Waals surface area contributed by atoms with Crippen LogP contribution in [0.4, 0.5) is 0 Å². The molecule has 0 fully saturated rings. The van der Waals surface area contributed by atoms with Gasteiger partial charge in [-0.05, 0) is 35.5 Å². The molecule has 39 heavy (non-hydrogen) atoms. The Hall–Kier alpha value is -3.37. The van der Waals surface area contributed by atoms with E-state index in [4.69, 9.17) is 4.42 Å². The first-order chi connectivity index (χ1) is 18.3. The number of hydrogen-bond acceptors (Lipinski definition) is 3. The first kappa shape index (κ1) is 28.6. The van der Waals surface area contributed by atoms with Crippen molar-refractivity contribution in [2.24, 2.45) is 0 Å². The zero-order valence-corrected chi connectivity index (χ0v) is 26.3. The van der Waals surface area contributed by atoms with Crippen molar-refractivity contribution in [1.82, 2.24) is 9.97 Å². The van der Waals surface area contributed by atoms with Gasteiger partial charge >= 0.3 is 0 Å². The van der Waals surface area contributed by atoms with Crippen LogP contribution in [0.3, 0.4) is 0 Å². The molecule has 0 unspecified atom stereocenters. The van der Waals surface area contributed by atoms with Crippen LogP contribution in [0.15, 0.2) is 102 Å². The molecule has 6 aromatic rings. The number of benzene rings is 3. The van der Waals surface area contributed by atoms with Crippen LogP contribution in [0.5, 0.6) is 0 Å². The number of rotatable bonds is 4. The second kappa shape index (κ2) is 12.2. The molecule has 0 N–H and O–H groups in total. The zero-order valence-electron chi connectivity index (χ0n) is 23.0. The summed E-state index contributed by atoms with van der Waals surface area (Å²) in [6.07, 6.45) is 3.67. The first-order valence-electron chi connectivity index (χ1n) is 13.0. The summed E-state index contributed by atoms with van der Waals surface area (Å²) in [5.74, 6) is 0.537. The Morgan fingerprint density at radius 2 is 1.56 bits per heavy atom. The van der Waals surface area contributed by atoms with Gasteiger partial charge < -0.3 is 14.4 Å². The van der Waals surface area contributed by atoms with Crippen LogP contribution in [0, 0.1) is 12.1 Å². The molecule has 6 rings (SSSR count). The molecule has 0 bridgehead atoms. The van der Waals surface area contributed by atoms with Crippen molar-refractivity contribution in [3.8, 4) is 22.5 Å². The van der Waals surface area contributed by atoms with Crippen molar-refractivity contribution < 1.29 is 24.5 Å². The topological polar surface area (TPSA) is 38.9 Å². The van der Waals surface area contributed by atoms with Gasteiger partial charge in [0.25, 0.3) is 0 Å². The van der Waals surface area contributed by atoms with Crippen LogP contribution in [0.1, 0.15) is 25.3 Å². The van der Waals surface area contributed by atoms with Gasteiger partial charge in [-0.2, -0.15) is 0 Å². The quantitative estimate of drug-likeness (QED) is 0.136. The molecule has 3 heterocycles. The van der Waals surface area contributed by atoms with E-state index < -0.39 is 8.07 Å². The molecule has 0 amide bonds. The molecule has 199 valence electrons. The number of pyridine rings is 2. The number of furan rings is 1. The molecule has 3 aromatic heterocycles. The number of aromatic nitrogens is 2. The van der Waals surface area contributed by atoms with Crippen molar-refractivity contribution in [3.05, 3.63) is 115 Å². The van der Waals surface area contributed by atoms with E-state index in [2.05, 4.69) is 92.0 Å². The molecule has 0 saturated carbocycles. The van der Waals surface area contributed by atoms with Gasteiger partial charge in [-0.3, -0.25) is 0 Å². The molecule has 0 aliphatic carbocycles. The molecule has 0 aliphatic heterocycles. The molecular weight excluding hydrogens is 673 g/mol. The third-order valence-electron chi connectivity index (χ3n) is 6.62. The van der Waals surface area contributed by atoms with E-state index in [1.54, 1.807) is 6.20 Å². The fourth-order valence-corrected chi connectivity index (χ4v) is 6.23. The maximum atomic E-state index is 6.22. The average molecular weight is 705 g/mol. The fourth-order valence-electron chi connectivity index (χ4n) is 4.62. The molecule has 0 atom stereocenters. The third-order valence-corrected chi connectivity index (χ3v) is 8.65. The Bertz CT molecular complexity index is 1670. The van der Waals surface area contributed by atoms with Crippen LogP contribution >= 0.6 is 0 Å². The normalized spacial score (nSPS) is 11.2. The summed E-state index contributed by atoms with van der Waals surface area (Å²) in [5.41, 5.74) is 7.04. The van der Waals surface area contributed by atoms with Crippen LogP contribution in [0.2, 0.25) is 19.6 Å². The Morgan fingerprint density at radius 3 is 2.26 bits per heavy atom. The minimum Gasteiger partial charge on any atom is -0.501 e. The van der Waals surface area contributed by atoms with Crippen molar-refractivity contribution in [2.45, 2.75) is 39.4 Å². The summed E-state index contributed by atoms with van der Waals surface area (Å²) in [6.45, 7) is 11.5. The van der Waals surface area contributed by atoms with Crippen molar-refractivity contribution in [2.75, 3.05) is 0 Å². The van der Waals surface area contributed by atoms with Gasteiger partial charge in [0.05, 0.1) is 13.7 Å². The number of nitrogens with zero attached hydrogens (tertiary/aromatic N) is 2. The van der Waals surface area contributed by atoms with Crippen molar-refractivity contribution in [3.63, 3.8) is 0 Å². The van der Waals surface area contributed by atoms with Gasteiger partial charge in [0.15, 0.2) is 0 Å². The van der Waals surface area contributed by atoms with E-state index in [0.717, 1.165) is 39.1 Å². The Morgan fingerprint density at radius 1 is 0.769 bits per heavy atom. The summed E-state index contributed by atoms with van der Waals surface area (Å²) in [4.78, 5) is 8.82. The monoisotopic (exact) mass is 705 g/mol. The Labute approximate surface area is 245 Å². The van der Waals surface area contributed by atoms with Crippen LogP contribution in [-0.4, -0.2) is 18.0 Å². The van der Waals surface area contributed by atoms with Gasteiger partial charge in [0.1, 0.15) is 5.58 Å². The maximum absolute atomic E-state index is 6.22. The van der Waals surface area contributed by atoms with Gasteiger partial charge in [-0.25, -0.2) is 0 Å². The molecule has 3 aromatic carbocycles. The van der Waals surface area contributed by atoms with Crippen molar-refractivity contribution in [1.29, 1.82) is 0 Å². The summed E-state index contributed by atoms with van der Waals surface area (Å²) < 4.78 is 6.22. The molecular formula is C34H32IrN2OSi-2. The van der Waals surface area contributed by atoms with E-state index in [1.165, 1.54) is 16.1 Å². The Balaban J connectivity index is 0.000000192. The van der Waals surface area contributed by atoms with Crippen molar-refractivity contribution >= 4 is 35.2 Å². The summed E-state index contributed by atoms with van der Waals surface area (Å²) >= 11 is 0. The fraction of sp³-hybridized carbons (Fsp3) is 0.176. The molecule has 1 radical (unpaired) electrons. The predicted octanol–water partition coefficient (Wildman–Crippen LogP) is 8.66. The third kappa shape index (κ3) is 6.28. The summed E-state index contributed by atoms with van der Waals surface area (Å²) in [7, 11) is -1.46. The predicted molar refractivity (Wildman–Crippen MR) is 161 cm³/mol. The number of fused-ring (bicyclic) bond motifs is 3. The molecule has 5 heteroatoms. The zero-order chi connectivity index (χ0) is 26.7. The molecule has 0 spiro atoms. The first-order valence-corrected chi connectivity index (χ1v) is 16.5. The largest absolute Gasteiger partial charge is 0.501 e. The summed E-state index contributed by atoms with van der Waals surface area (Å²) in [6, 6.07) is 35.0. The maximum Gasteiger partial charge on any atom is 0.120 e. The van der Waals surface area contributed by atoms with Gasteiger partial charge in [0.2, 0.25) is 0 Å². The van der Waals surface area contributed by atoms with Gasteiger partial charge in [-0.1, -0.05) is 85.5 Å². The van der Waals surface area contributed by atoms with Crippen LogP contribution in [-0.2, 0) is 20.1 Å².